The van der Waals surface area contributed by atoms with E-state index in [0.717, 1.165) is 0 Å². The van der Waals surface area contributed by atoms with Crippen LogP contribution in [0.2, 0.25) is 5.02 Å². The number of pyridine rings is 1. The zero-order valence-electron chi connectivity index (χ0n) is 9.84. The molecule has 0 aliphatic carbocycles. The number of anilines is 1. The van der Waals surface area contributed by atoms with Crippen LogP contribution in [0, 0.1) is 11.3 Å². The van der Waals surface area contributed by atoms with Crippen molar-refractivity contribution in [3.63, 3.8) is 0 Å². The molecule has 0 aliphatic rings. The fourth-order valence-electron chi connectivity index (χ4n) is 1.43. The number of rotatable bonds is 3. The maximum atomic E-state index is 12.2. The van der Waals surface area contributed by atoms with Gasteiger partial charge >= 0.3 is 0 Å². The lowest BCUT2D eigenvalue weighted by atomic mass is 10.2. The zero-order valence-corrected chi connectivity index (χ0v) is 13.0. The summed E-state index contributed by atoms with van der Waals surface area (Å²) in [5.41, 5.74) is 0.510. The Labute approximate surface area is 129 Å². The molecule has 1 heterocycles. The second-order valence-electron chi connectivity index (χ2n) is 3.73. The maximum absolute atomic E-state index is 12.2. The Morgan fingerprint density at radius 1 is 1.30 bits per heavy atom. The fraction of sp³-hybridized carbons (Fsp3) is 0. The number of hydrogen-bond donors (Lipinski definition) is 1. The topological polar surface area (TPSA) is 82.8 Å². The molecule has 5 nitrogen and oxygen atoms in total. The summed E-state index contributed by atoms with van der Waals surface area (Å²) in [6, 6.07) is 9.06. The number of sulfonamides is 1. The summed E-state index contributed by atoms with van der Waals surface area (Å²) in [5, 5.41) is 8.86. The molecule has 0 bridgehead atoms. The highest BCUT2D eigenvalue weighted by Crippen LogP contribution is 2.25. The van der Waals surface area contributed by atoms with E-state index in [0.29, 0.717) is 10.3 Å². The Hall–Kier alpha value is -1.62. The quantitative estimate of drug-likeness (QED) is 0.839. The third-order valence-corrected chi connectivity index (χ3v) is 4.66. The van der Waals surface area contributed by atoms with Gasteiger partial charge in [-0.3, -0.25) is 4.72 Å². The van der Waals surface area contributed by atoms with Crippen LogP contribution in [0.5, 0.6) is 0 Å². The Balaban J connectivity index is 2.40. The van der Waals surface area contributed by atoms with E-state index in [2.05, 4.69) is 25.6 Å². The van der Waals surface area contributed by atoms with Crippen molar-refractivity contribution < 1.29 is 8.42 Å². The average molecular weight is 373 g/mol. The highest BCUT2D eigenvalue weighted by Gasteiger charge is 2.19. The minimum Gasteiger partial charge on any atom is -0.278 e. The first-order valence-corrected chi connectivity index (χ1v) is 7.92. The molecule has 0 unspecified atom stereocenters. The molecule has 8 heteroatoms. The highest BCUT2D eigenvalue weighted by atomic mass is 79.9. The number of nitrogens with one attached hydrogen (secondary N) is 1. The van der Waals surface area contributed by atoms with E-state index in [9.17, 15) is 8.42 Å². The predicted molar refractivity (Wildman–Crippen MR) is 78.9 cm³/mol. The van der Waals surface area contributed by atoms with Crippen LogP contribution in [0.15, 0.2) is 46.0 Å². The molecular weight excluding hydrogens is 366 g/mol. The summed E-state index contributed by atoms with van der Waals surface area (Å²) in [5.74, 6) is 0. The lowest BCUT2D eigenvalue weighted by Crippen LogP contribution is -2.13. The molecule has 0 amide bonds. The second kappa shape index (κ2) is 5.79. The van der Waals surface area contributed by atoms with Gasteiger partial charge in [-0.05, 0) is 46.3 Å². The largest absolute Gasteiger partial charge is 0.278 e. The van der Waals surface area contributed by atoms with Gasteiger partial charge < -0.3 is 0 Å². The first-order chi connectivity index (χ1) is 9.42. The summed E-state index contributed by atoms with van der Waals surface area (Å²) < 4.78 is 27.4. The van der Waals surface area contributed by atoms with E-state index >= 15 is 0 Å². The molecule has 20 heavy (non-hydrogen) atoms. The summed E-state index contributed by atoms with van der Waals surface area (Å²) in [6.07, 6.45) is 1.36. The van der Waals surface area contributed by atoms with Gasteiger partial charge in [0.05, 0.1) is 28.5 Å². The van der Waals surface area contributed by atoms with E-state index in [1.807, 2.05) is 6.07 Å². The van der Waals surface area contributed by atoms with Crippen molar-refractivity contribution >= 4 is 43.2 Å². The van der Waals surface area contributed by atoms with Crippen LogP contribution >= 0.6 is 27.5 Å². The SMILES string of the molecule is N#Cc1ccc(Cl)c(S(=O)(=O)Nc2ccc(Br)nc2)c1. The van der Waals surface area contributed by atoms with Gasteiger partial charge in [0.15, 0.2) is 0 Å². The number of nitriles is 1. The van der Waals surface area contributed by atoms with E-state index in [1.165, 1.54) is 24.4 Å². The Morgan fingerprint density at radius 2 is 2.05 bits per heavy atom. The molecule has 1 N–H and O–H groups in total. The minimum absolute atomic E-state index is 0.0431. The van der Waals surface area contributed by atoms with Crippen molar-refractivity contribution in [1.82, 2.24) is 4.98 Å². The lowest BCUT2D eigenvalue weighted by molar-refractivity contribution is 0.601. The van der Waals surface area contributed by atoms with Crippen LogP contribution in [0.25, 0.3) is 0 Å². The molecule has 102 valence electrons. The number of hydrogen-bond acceptors (Lipinski definition) is 4. The van der Waals surface area contributed by atoms with Crippen LogP contribution in [0.1, 0.15) is 5.56 Å². The van der Waals surface area contributed by atoms with Crippen molar-refractivity contribution in [2.75, 3.05) is 4.72 Å². The van der Waals surface area contributed by atoms with Crippen molar-refractivity contribution in [2.45, 2.75) is 4.90 Å². The molecule has 0 saturated heterocycles. The Kier molecular flexibility index (Phi) is 4.28. The molecule has 0 spiro atoms. The van der Waals surface area contributed by atoms with Gasteiger partial charge in [0.1, 0.15) is 9.50 Å². The molecule has 0 aliphatic heterocycles. The number of nitrogens with zero attached hydrogens (tertiary/aromatic N) is 2. The average Bonchev–Trinajstić information content (AvgIpc) is 2.41. The van der Waals surface area contributed by atoms with Gasteiger partial charge in [-0.15, -0.1) is 0 Å². The van der Waals surface area contributed by atoms with Crippen molar-refractivity contribution in [3.8, 4) is 6.07 Å². The van der Waals surface area contributed by atoms with Crippen LogP contribution in [0.3, 0.4) is 0 Å². The molecule has 0 fully saturated rings. The summed E-state index contributed by atoms with van der Waals surface area (Å²) in [4.78, 5) is 3.77. The Morgan fingerprint density at radius 3 is 2.65 bits per heavy atom. The first kappa shape index (κ1) is 14.8. The van der Waals surface area contributed by atoms with Crippen LogP contribution in [-0.2, 0) is 10.0 Å². The molecule has 1 aromatic heterocycles. The van der Waals surface area contributed by atoms with Crippen LogP contribution < -0.4 is 4.72 Å². The smallest absolute Gasteiger partial charge is 0.263 e. The van der Waals surface area contributed by atoms with Gasteiger partial charge in [0.25, 0.3) is 10.0 Å². The molecular formula is C12H7BrClN3O2S. The third-order valence-electron chi connectivity index (χ3n) is 2.33. The highest BCUT2D eigenvalue weighted by molar-refractivity contribution is 9.10. The molecule has 0 saturated carbocycles. The summed E-state index contributed by atoms with van der Waals surface area (Å²) in [6.45, 7) is 0. The standard InChI is InChI=1S/C12H7BrClN3O2S/c13-12-4-2-9(7-16-12)17-20(18,19)11-5-8(6-15)1-3-10(11)14/h1-5,7,17H. The van der Waals surface area contributed by atoms with E-state index in [1.54, 1.807) is 12.1 Å². The van der Waals surface area contributed by atoms with Gasteiger partial charge in [0.2, 0.25) is 0 Å². The molecule has 0 atom stereocenters. The summed E-state index contributed by atoms with van der Waals surface area (Å²) in [7, 11) is -3.88. The molecule has 2 rings (SSSR count). The monoisotopic (exact) mass is 371 g/mol. The molecule has 2 aromatic rings. The fourth-order valence-corrected chi connectivity index (χ4v) is 3.23. The van der Waals surface area contributed by atoms with Gasteiger partial charge in [0, 0.05) is 0 Å². The van der Waals surface area contributed by atoms with Crippen LogP contribution in [-0.4, -0.2) is 13.4 Å². The maximum Gasteiger partial charge on any atom is 0.263 e. The lowest BCUT2D eigenvalue weighted by Gasteiger charge is -2.09. The van der Waals surface area contributed by atoms with Crippen LogP contribution in [0.4, 0.5) is 5.69 Å². The molecule has 0 radical (unpaired) electrons. The summed E-state index contributed by atoms with van der Waals surface area (Å²) >= 11 is 9.03. The van der Waals surface area contributed by atoms with E-state index < -0.39 is 10.0 Å². The number of halogens is 2. The van der Waals surface area contributed by atoms with E-state index in [-0.39, 0.29) is 15.5 Å². The number of benzene rings is 1. The first-order valence-electron chi connectivity index (χ1n) is 5.26. The van der Waals surface area contributed by atoms with Gasteiger partial charge in [-0.1, -0.05) is 11.6 Å². The zero-order chi connectivity index (χ0) is 14.8. The third kappa shape index (κ3) is 3.28. The van der Waals surface area contributed by atoms with Crippen molar-refractivity contribution in [3.05, 3.63) is 51.7 Å². The van der Waals surface area contributed by atoms with Crippen molar-refractivity contribution in [2.24, 2.45) is 0 Å². The van der Waals surface area contributed by atoms with E-state index in [4.69, 9.17) is 16.9 Å². The number of aromatic nitrogens is 1. The normalized spacial score (nSPS) is 10.8. The molecule has 1 aromatic carbocycles. The Bertz CT molecular complexity index is 785. The van der Waals surface area contributed by atoms with Gasteiger partial charge in [-0.2, -0.15) is 5.26 Å². The minimum atomic E-state index is -3.88. The van der Waals surface area contributed by atoms with Gasteiger partial charge in [-0.25, -0.2) is 13.4 Å². The second-order valence-corrected chi connectivity index (χ2v) is 6.60. The van der Waals surface area contributed by atoms with Crippen molar-refractivity contribution in [1.29, 1.82) is 5.26 Å². The predicted octanol–water partition coefficient (Wildman–Crippen LogP) is 3.17.